The predicted molar refractivity (Wildman–Crippen MR) is 101 cm³/mol. The second-order valence-corrected chi connectivity index (χ2v) is 6.81. The smallest absolute Gasteiger partial charge is 0.351 e. The summed E-state index contributed by atoms with van der Waals surface area (Å²) in [6, 6.07) is 1.61. The van der Waals surface area contributed by atoms with Crippen LogP contribution in [0.3, 0.4) is 0 Å². The molecule has 3 atom stereocenters. The van der Waals surface area contributed by atoms with Crippen LogP contribution in [0.25, 0.3) is 0 Å². The first-order chi connectivity index (χ1) is 12.7. The molecule has 1 aromatic heterocycles. The van der Waals surface area contributed by atoms with Gasteiger partial charge < -0.3 is 19.9 Å². The molecule has 7 heteroatoms. The van der Waals surface area contributed by atoms with Gasteiger partial charge in [-0.1, -0.05) is 39.5 Å². The van der Waals surface area contributed by atoms with Crippen molar-refractivity contribution >= 4 is 5.82 Å². The van der Waals surface area contributed by atoms with Gasteiger partial charge in [-0.05, 0) is 18.9 Å². The quantitative estimate of drug-likeness (QED) is 0.572. The molecule has 2 rings (SSSR count). The molecule has 7 nitrogen and oxygen atoms in total. The summed E-state index contributed by atoms with van der Waals surface area (Å²) >= 11 is 0. The molecule has 26 heavy (non-hydrogen) atoms. The maximum atomic E-state index is 12.1. The van der Waals surface area contributed by atoms with E-state index >= 15 is 0 Å². The van der Waals surface area contributed by atoms with E-state index < -0.39 is 11.9 Å². The van der Waals surface area contributed by atoms with E-state index in [1.54, 1.807) is 12.3 Å². The molecule has 148 valence electrons. The first kappa shape index (κ1) is 20.9. The average molecular weight is 367 g/mol. The van der Waals surface area contributed by atoms with Gasteiger partial charge in [0.25, 0.3) is 0 Å². The zero-order chi connectivity index (χ0) is 18.8. The zero-order valence-corrected chi connectivity index (χ0v) is 16.1. The van der Waals surface area contributed by atoms with Crippen molar-refractivity contribution in [1.29, 1.82) is 0 Å². The minimum atomic E-state index is -0.399. The highest BCUT2D eigenvalue weighted by Crippen LogP contribution is 2.30. The lowest BCUT2D eigenvalue weighted by Crippen LogP contribution is -2.30. The van der Waals surface area contributed by atoms with Gasteiger partial charge in [0, 0.05) is 25.8 Å². The van der Waals surface area contributed by atoms with Crippen molar-refractivity contribution in [1.82, 2.24) is 9.55 Å². The highest BCUT2D eigenvalue weighted by molar-refractivity contribution is 5.23. The SMILES string of the molecule is CCCCCOC[C@H]1O[C@@H](n2ccc(N)nc2=O)CC1OCCCCC. The van der Waals surface area contributed by atoms with Gasteiger partial charge in [-0.2, -0.15) is 4.98 Å². The maximum Gasteiger partial charge on any atom is 0.351 e. The average Bonchev–Trinajstić information content (AvgIpc) is 3.01. The number of nitrogens with zero attached hydrogens (tertiary/aromatic N) is 2. The fourth-order valence-electron chi connectivity index (χ4n) is 3.08. The Morgan fingerprint density at radius 3 is 2.65 bits per heavy atom. The maximum absolute atomic E-state index is 12.1. The third-order valence-electron chi connectivity index (χ3n) is 4.60. The third-order valence-corrected chi connectivity index (χ3v) is 4.60. The Morgan fingerprint density at radius 1 is 1.23 bits per heavy atom. The highest BCUT2D eigenvalue weighted by atomic mass is 16.6. The van der Waals surface area contributed by atoms with Crippen molar-refractivity contribution in [2.24, 2.45) is 0 Å². The highest BCUT2D eigenvalue weighted by Gasteiger charge is 2.37. The number of rotatable bonds is 12. The van der Waals surface area contributed by atoms with Crippen molar-refractivity contribution in [3.63, 3.8) is 0 Å². The third kappa shape index (κ3) is 6.37. The lowest BCUT2D eigenvalue weighted by molar-refractivity contribution is -0.0779. The Morgan fingerprint density at radius 2 is 1.96 bits per heavy atom. The molecule has 1 fully saturated rings. The number of anilines is 1. The van der Waals surface area contributed by atoms with Gasteiger partial charge in [0.15, 0.2) is 0 Å². The standard InChI is InChI=1S/C19H33N3O4/c1-3-5-7-11-24-14-16-15(25-12-8-6-4-2)13-18(26-16)22-10-9-17(20)21-19(22)23/h9-10,15-16,18H,3-8,11-14H2,1-2H3,(H2,20,21,23)/t15?,16-,18-/m1/s1. The van der Waals surface area contributed by atoms with Gasteiger partial charge in [0.05, 0.1) is 12.7 Å². The molecule has 0 spiro atoms. The molecular formula is C19H33N3O4. The Labute approximate surface area is 155 Å². The summed E-state index contributed by atoms with van der Waals surface area (Å²) in [5.74, 6) is 0.215. The van der Waals surface area contributed by atoms with Crippen LogP contribution < -0.4 is 11.4 Å². The van der Waals surface area contributed by atoms with E-state index in [9.17, 15) is 4.79 Å². The van der Waals surface area contributed by atoms with Crippen molar-refractivity contribution in [2.75, 3.05) is 25.6 Å². The second kappa shape index (κ2) is 11.3. The number of hydrogen-bond acceptors (Lipinski definition) is 6. The minimum Gasteiger partial charge on any atom is -0.383 e. The van der Waals surface area contributed by atoms with E-state index in [0.29, 0.717) is 19.6 Å². The van der Waals surface area contributed by atoms with Gasteiger partial charge in [0.2, 0.25) is 0 Å². The molecule has 1 saturated heterocycles. The van der Waals surface area contributed by atoms with E-state index in [-0.39, 0.29) is 18.0 Å². The van der Waals surface area contributed by atoms with Crippen molar-refractivity contribution in [3.8, 4) is 0 Å². The number of ether oxygens (including phenoxy) is 3. The molecule has 1 unspecified atom stereocenters. The molecule has 1 aliphatic heterocycles. The Hall–Kier alpha value is -1.44. The summed E-state index contributed by atoms with van der Waals surface area (Å²) in [6.07, 6.45) is 8.32. The summed E-state index contributed by atoms with van der Waals surface area (Å²) < 4.78 is 19.4. The van der Waals surface area contributed by atoms with E-state index in [1.807, 2.05) is 0 Å². The fraction of sp³-hybridized carbons (Fsp3) is 0.789. The van der Waals surface area contributed by atoms with Gasteiger partial charge in [0.1, 0.15) is 18.1 Å². The largest absolute Gasteiger partial charge is 0.383 e. The molecule has 0 aromatic carbocycles. The lowest BCUT2D eigenvalue weighted by Gasteiger charge is -2.19. The first-order valence-corrected chi connectivity index (χ1v) is 9.85. The van der Waals surface area contributed by atoms with Crippen LogP contribution in [-0.4, -0.2) is 41.6 Å². The topological polar surface area (TPSA) is 88.6 Å². The van der Waals surface area contributed by atoms with E-state index in [4.69, 9.17) is 19.9 Å². The van der Waals surface area contributed by atoms with Crippen LogP contribution in [0.5, 0.6) is 0 Å². The molecule has 1 aliphatic rings. The molecule has 2 heterocycles. The monoisotopic (exact) mass is 367 g/mol. The molecule has 0 bridgehead atoms. The fourth-order valence-corrected chi connectivity index (χ4v) is 3.08. The number of unbranched alkanes of at least 4 members (excludes halogenated alkanes) is 4. The Kier molecular flexibility index (Phi) is 9.08. The molecule has 1 aromatic rings. The summed E-state index contributed by atoms with van der Waals surface area (Å²) in [5, 5.41) is 0. The molecule has 0 aliphatic carbocycles. The summed E-state index contributed by atoms with van der Waals surface area (Å²) in [7, 11) is 0. The zero-order valence-electron chi connectivity index (χ0n) is 16.1. The van der Waals surface area contributed by atoms with Crippen LogP contribution in [0.1, 0.15) is 65.0 Å². The predicted octanol–water partition coefficient (Wildman–Crippen LogP) is 2.90. The number of nitrogens with two attached hydrogens (primary N) is 1. The molecule has 0 radical (unpaired) electrons. The number of hydrogen-bond donors (Lipinski definition) is 1. The Bertz CT molecular complexity index is 578. The van der Waals surface area contributed by atoms with Crippen molar-refractivity contribution in [3.05, 3.63) is 22.7 Å². The first-order valence-electron chi connectivity index (χ1n) is 9.85. The van der Waals surface area contributed by atoms with Gasteiger partial charge in [-0.25, -0.2) is 4.79 Å². The van der Waals surface area contributed by atoms with Gasteiger partial charge in [-0.15, -0.1) is 0 Å². The lowest BCUT2D eigenvalue weighted by atomic mass is 10.2. The minimum absolute atomic E-state index is 0.0764. The molecule has 0 amide bonds. The summed E-state index contributed by atoms with van der Waals surface area (Å²) in [5.41, 5.74) is 5.17. The van der Waals surface area contributed by atoms with Gasteiger partial charge in [-0.3, -0.25) is 4.57 Å². The molecule has 2 N–H and O–H groups in total. The van der Waals surface area contributed by atoms with Crippen molar-refractivity contribution in [2.45, 2.75) is 77.2 Å². The van der Waals surface area contributed by atoms with Crippen LogP contribution in [0, 0.1) is 0 Å². The normalized spacial score (nSPS) is 22.8. The van der Waals surface area contributed by atoms with Crippen LogP contribution in [0.2, 0.25) is 0 Å². The van der Waals surface area contributed by atoms with Gasteiger partial charge >= 0.3 is 5.69 Å². The van der Waals surface area contributed by atoms with E-state index in [2.05, 4.69) is 18.8 Å². The molecular weight excluding hydrogens is 334 g/mol. The number of aromatic nitrogens is 2. The Balaban J connectivity index is 1.94. The molecule has 0 saturated carbocycles. The van der Waals surface area contributed by atoms with Crippen molar-refractivity contribution < 1.29 is 14.2 Å². The van der Waals surface area contributed by atoms with Crippen LogP contribution in [0.4, 0.5) is 5.82 Å². The number of nitrogen functional groups attached to an aromatic ring is 1. The summed E-state index contributed by atoms with van der Waals surface area (Å²) in [4.78, 5) is 15.9. The second-order valence-electron chi connectivity index (χ2n) is 6.81. The van der Waals surface area contributed by atoms with Crippen LogP contribution in [-0.2, 0) is 14.2 Å². The van der Waals surface area contributed by atoms with Crippen LogP contribution in [0.15, 0.2) is 17.1 Å². The van der Waals surface area contributed by atoms with E-state index in [0.717, 1.165) is 38.7 Å². The van der Waals surface area contributed by atoms with E-state index in [1.165, 1.54) is 11.0 Å². The summed E-state index contributed by atoms with van der Waals surface area (Å²) in [6.45, 7) is 6.25. The van der Waals surface area contributed by atoms with Crippen LogP contribution >= 0.6 is 0 Å².